The zero-order valence-electron chi connectivity index (χ0n) is 15.3. The average Bonchev–Trinajstić information content (AvgIpc) is 3.50. The summed E-state index contributed by atoms with van der Waals surface area (Å²) >= 11 is 0. The standard InChI is InChI=1S/C21H16N4O4/c26-20(12-24-13-22-15-6-2-1-5-14(15)21(24)27)25-17(19-8-4-10-29-19)11-16(23-25)18-7-3-9-28-18/h1-10,13,17H,11-12H2. The minimum absolute atomic E-state index is 0.178. The van der Waals surface area contributed by atoms with Gasteiger partial charge in [0.1, 0.15) is 29.8 Å². The van der Waals surface area contributed by atoms with Crippen LogP contribution in [-0.2, 0) is 11.3 Å². The van der Waals surface area contributed by atoms with Crippen LogP contribution in [0.25, 0.3) is 10.9 Å². The molecule has 4 heterocycles. The van der Waals surface area contributed by atoms with E-state index >= 15 is 0 Å². The molecule has 1 atom stereocenters. The number of hydrogen-bond acceptors (Lipinski definition) is 6. The number of hydrazone groups is 1. The lowest BCUT2D eigenvalue weighted by Gasteiger charge is -2.20. The van der Waals surface area contributed by atoms with Gasteiger partial charge in [-0.05, 0) is 36.4 Å². The molecule has 1 amide bonds. The highest BCUT2D eigenvalue weighted by Crippen LogP contribution is 2.33. The maximum atomic E-state index is 13.1. The molecule has 1 aliphatic rings. The Kier molecular flexibility index (Phi) is 4.09. The molecule has 5 rings (SSSR count). The predicted octanol–water partition coefficient (Wildman–Crippen LogP) is 2.96. The molecule has 0 saturated heterocycles. The first-order valence-electron chi connectivity index (χ1n) is 9.12. The Labute approximate surface area is 164 Å². The van der Waals surface area contributed by atoms with Crippen molar-refractivity contribution < 1.29 is 13.6 Å². The number of nitrogens with zero attached hydrogens (tertiary/aromatic N) is 4. The molecule has 0 bridgehead atoms. The van der Waals surface area contributed by atoms with Crippen molar-refractivity contribution in [1.82, 2.24) is 14.6 Å². The summed E-state index contributed by atoms with van der Waals surface area (Å²) in [4.78, 5) is 30.1. The summed E-state index contributed by atoms with van der Waals surface area (Å²) in [5.74, 6) is 0.876. The van der Waals surface area contributed by atoms with Gasteiger partial charge in [0.2, 0.25) is 0 Å². The monoisotopic (exact) mass is 388 g/mol. The van der Waals surface area contributed by atoms with Gasteiger partial charge in [0.25, 0.3) is 11.5 Å². The minimum atomic E-state index is -0.401. The van der Waals surface area contributed by atoms with Crippen molar-refractivity contribution in [3.63, 3.8) is 0 Å². The molecule has 8 heteroatoms. The van der Waals surface area contributed by atoms with Gasteiger partial charge in [-0.1, -0.05) is 12.1 Å². The maximum Gasteiger partial charge on any atom is 0.263 e. The second kappa shape index (κ2) is 6.90. The SMILES string of the molecule is O=C(Cn1cnc2ccccc2c1=O)N1N=C(c2ccco2)CC1c1ccco1. The number of para-hydroxylation sites is 1. The molecule has 0 saturated carbocycles. The first-order valence-corrected chi connectivity index (χ1v) is 9.12. The molecule has 1 unspecified atom stereocenters. The first-order chi connectivity index (χ1) is 14.2. The highest BCUT2D eigenvalue weighted by Gasteiger charge is 2.35. The van der Waals surface area contributed by atoms with E-state index in [-0.39, 0.29) is 18.0 Å². The van der Waals surface area contributed by atoms with Crippen molar-refractivity contribution >= 4 is 22.5 Å². The highest BCUT2D eigenvalue weighted by molar-refractivity contribution is 6.01. The van der Waals surface area contributed by atoms with Gasteiger partial charge < -0.3 is 8.83 Å². The van der Waals surface area contributed by atoms with Crippen LogP contribution in [0.4, 0.5) is 0 Å². The summed E-state index contributed by atoms with van der Waals surface area (Å²) in [6, 6.07) is 13.8. The summed E-state index contributed by atoms with van der Waals surface area (Å²) in [5.41, 5.74) is 0.968. The number of fused-ring (bicyclic) bond motifs is 1. The zero-order valence-corrected chi connectivity index (χ0v) is 15.3. The molecule has 144 valence electrons. The topological polar surface area (TPSA) is 93.8 Å². The fourth-order valence-electron chi connectivity index (χ4n) is 3.47. The first kappa shape index (κ1) is 17.2. The number of furan rings is 2. The van der Waals surface area contributed by atoms with Crippen LogP contribution in [-0.4, -0.2) is 26.2 Å². The Balaban J connectivity index is 1.48. The highest BCUT2D eigenvalue weighted by atomic mass is 16.3. The van der Waals surface area contributed by atoms with Gasteiger partial charge in [-0.2, -0.15) is 5.10 Å². The molecule has 4 aromatic rings. The number of aromatic nitrogens is 2. The predicted molar refractivity (Wildman–Crippen MR) is 104 cm³/mol. The molecule has 1 aromatic carbocycles. The molecule has 0 N–H and O–H groups in total. The van der Waals surface area contributed by atoms with Crippen LogP contribution >= 0.6 is 0 Å². The van der Waals surface area contributed by atoms with Gasteiger partial charge in [0, 0.05) is 6.42 Å². The Morgan fingerprint density at radius 2 is 1.90 bits per heavy atom. The van der Waals surface area contributed by atoms with Gasteiger partial charge in [-0.15, -0.1) is 0 Å². The number of rotatable bonds is 4. The molecule has 0 aliphatic carbocycles. The van der Waals surface area contributed by atoms with Crippen LogP contribution in [0.15, 0.2) is 86.1 Å². The summed E-state index contributed by atoms with van der Waals surface area (Å²) in [6.07, 6.45) is 4.96. The summed E-state index contributed by atoms with van der Waals surface area (Å²) in [7, 11) is 0. The quantitative estimate of drug-likeness (QED) is 0.536. The van der Waals surface area contributed by atoms with E-state index in [1.54, 1.807) is 55.0 Å². The van der Waals surface area contributed by atoms with Crippen LogP contribution in [0.5, 0.6) is 0 Å². The van der Waals surface area contributed by atoms with Crippen molar-refractivity contribution in [1.29, 1.82) is 0 Å². The minimum Gasteiger partial charge on any atom is -0.467 e. The lowest BCUT2D eigenvalue weighted by molar-refractivity contribution is -0.134. The Bertz CT molecular complexity index is 1260. The van der Waals surface area contributed by atoms with E-state index in [0.29, 0.717) is 34.6 Å². The normalized spacial score (nSPS) is 16.3. The van der Waals surface area contributed by atoms with Crippen LogP contribution in [0, 0.1) is 0 Å². The van der Waals surface area contributed by atoms with Gasteiger partial charge in [0.05, 0.1) is 29.8 Å². The summed E-state index contributed by atoms with van der Waals surface area (Å²) < 4.78 is 12.2. The maximum absolute atomic E-state index is 13.1. The largest absolute Gasteiger partial charge is 0.467 e. The lowest BCUT2D eigenvalue weighted by atomic mass is 10.1. The van der Waals surface area contributed by atoms with Crippen molar-refractivity contribution in [3.05, 3.63) is 89.3 Å². The van der Waals surface area contributed by atoms with E-state index < -0.39 is 6.04 Å². The van der Waals surface area contributed by atoms with E-state index in [9.17, 15) is 9.59 Å². The van der Waals surface area contributed by atoms with Crippen LogP contribution in [0.2, 0.25) is 0 Å². The van der Waals surface area contributed by atoms with E-state index in [1.807, 2.05) is 6.07 Å². The van der Waals surface area contributed by atoms with E-state index in [2.05, 4.69) is 10.1 Å². The number of hydrogen-bond donors (Lipinski definition) is 0. The molecule has 3 aromatic heterocycles. The molecule has 1 aliphatic heterocycles. The third-order valence-corrected chi connectivity index (χ3v) is 4.88. The van der Waals surface area contributed by atoms with Gasteiger partial charge in [-0.25, -0.2) is 9.99 Å². The average molecular weight is 388 g/mol. The third-order valence-electron chi connectivity index (χ3n) is 4.88. The lowest BCUT2D eigenvalue weighted by Crippen LogP contribution is -2.34. The van der Waals surface area contributed by atoms with Crippen molar-refractivity contribution in [2.45, 2.75) is 19.0 Å². The van der Waals surface area contributed by atoms with Crippen LogP contribution in [0.3, 0.4) is 0 Å². The fraction of sp³-hybridized carbons (Fsp3) is 0.143. The number of benzene rings is 1. The molecule has 0 spiro atoms. The van der Waals surface area contributed by atoms with E-state index in [1.165, 1.54) is 15.9 Å². The van der Waals surface area contributed by atoms with Crippen LogP contribution in [0.1, 0.15) is 24.0 Å². The number of amides is 1. The molecule has 0 radical (unpaired) electrons. The molecule has 0 fully saturated rings. The Hall–Kier alpha value is -3.94. The molecule has 29 heavy (non-hydrogen) atoms. The molecule has 8 nitrogen and oxygen atoms in total. The Morgan fingerprint density at radius 3 is 2.69 bits per heavy atom. The van der Waals surface area contributed by atoms with Crippen LogP contribution < -0.4 is 5.56 Å². The van der Waals surface area contributed by atoms with Gasteiger partial charge >= 0.3 is 0 Å². The van der Waals surface area contributed by atoms with Crippen molar-refractivity contribution in [2.75, 3.05) is 0 Å². The molecular weight excluding hydrogens is 372 g/mol. The van der Waals surface area contributed by atoms with E-state index in [4.69, 9.17) is 8.83 Å². The van der Waals surface area contributed by atoms with Crippen molar-refractivity contribution in [2.24, 2.45) is 5.10 Å². The summed E-state index contributed by atoms with van der Waals surface area (Å²) in [6.45, 7) is -0.178. The second-order valence-corrected chi connectivity index (χ2v) is 6.69. The molecular formula is C21H16N4O4. The smallest absolute Gasteiger partial charge is 0.263 e. The Morgan fingerprint density at radius 1 is 1.07 bits per heavy atom. The third kappa shape index (κ3) is 3.04. The number of carbonyl (C=O) groups excluding carboxylic acids is 1. The zero-order chi connectivity index (χ0) is 19.8. The number of carbonyl (C=O) groups is 1. The van der Waals surface area contributed by atoms with E-state index in [0.717, 1.165) is 0 Å². The fourth-order valence-corrected chi connectivity index (χ4v) is 3.47. The van der Waals surface area contributed by atoms with Gasteiger partial charge in [0.15, 0.2) is 0 Å². The van der Waals surface area contributed by atoms with Gasteiger partial charge in [-0.3, -0.25) is 14.2 Å². The van der Waals surface area contributed by atoms with Crippen molar-refractivity contribution in [3.8, 4) is 0 Å². The summed E-state index contributed by atoms with van der Waals surface area (Å²) in [5, 5.41) is 6.29. The second-order valence-electron chi connectivity index (χ2n) is 6.69.